The molecule has 0 radical (unpaired) electrons. The topological polar surface area (TPSA) is 49.3 Å². The van der Waals surface area contributed by atoms with Crippen molar-refractivity contribution in [3.63, 3.8) is 0 Å². The summed E-state index contributed by atoms with van der Waals surface area (Å²) in [6, 6.07) is 20.1. The molecule has 1 aliphatic heterocycles. The first-order chi connectivity index (χ1) is 10.2. The molecule has 0 aromatic heterocycles. The van der Waals surface area contributed by atoms with E-state index in [2.05, 4.69) is 29.6 Å². The lowest BCUT2D eigenvalue weighted by Crippen LogP contribution is -2.31. The second-order valence-electron chi connectivity index (χ2n) is 5.63. The second-order valence-corrected chi connectivity index (χ2v) is 5.63. The predicted octanol–water partition coefficient (Wildman–Crippen LogP) is 3.03. The van der Waals surface area contributed by atoms with E-state index >= 15 is 0 Å². The third-order valence-corrected chi connectivity index (χ3v) is 4.19. The van der Waals surface area contributed by atoms with Crippen molar-refractivity contribution in [2.75, 3.05) is 0 Å². The van der Waals surface area contributed by atoms with Crippen molar-refractivity contribution in [1.29, 1.82) is 0 Å². The highest BCUT2D eigenvalue weighted by Crippen LogP contribution is 2.35. The number of aliphatic carboxylic acids is 1. The molecule has 2 unspecified atom stereocenters. The van der Waals surface area contributed by atoms with Gasteiger partial charge < -0.3 is 5.11 Å². The van der Waals surface area contributed by atoms with Crippen LogP contribution in [0.3, 0.4) is 0 Å². The lowest BCUT2D eigenvalue weighted by atomic mass is 9.88. The van der Waals surface area contributed by atoms with Crippen molar-refractivity contribution >= 4 is 5.97 Å². The van der Waals surface area contributed by atoms with Gasteiger partial charge in [0.2, 0.25) is 0 Å². The van der Waals surface area contributed by atoms with Crippen LogP contribution in [0.25, 0.3) is 0 Å². The third kappa shape index (κ3) is 3.14. The number of carboxylic acid groups (broad SMARTS) is 1. The number of benzene rings is 2. The van der Waals surface area contributed by atoms with Crippen molar-refractivity contribution in [2.45, 2.75) is 24.9 Å². The van der Waals surface area contributed by atoms with Gasteiger partial charge in [0.15, 0.2) is 0 Å². The number of rotatable bonds is 4. The van der Waals surface area contributed by atoms with Gasteiger partial charge in [-0.25, -0.2) is 0 Å². The Morgan fingerprint density at radius 3 is 2.29 bits per heavy atom. The minimum Gasteiger partial charge on any atom is -0.480 e. The molecule has 0 amide bonds. The highest BCUT2D eigenvalue weighted by atomic mass is 16.4. The Bertz CT molecular complexity index is 597. The van der Waals surface area contributed by atoms with Gasteiger partial charge in [-0.2, -0.15) is 0 Å². The van der Waals surface area contributed by atoms with Crippen LogP contribution in [0.5, 0.6) is 0 Å². The average Bonchev–Trinajstić information content (AvgIpc) is 2.93. The van der Waals surface area contributed by atoms with E-state index in [0.717, 1.165) is 6.42 Å². The molecule has 1 fully saturated rings. The monoisotopic (exact) mass is 281 g/mol. The van der Waals surface area contributed by atoms with Crippen molar-refractivity contribution in [2.24, 2.45) is 5.92 Å². The zero-order valence-corrected chi connectivity index (χ0v) is 11.8. The van der Waals surface area contributed by atoms with E-state index < -0.39 is 12.0 Å². The average molecular weight is 281 g/mol. The SMILES string of the molecule is O=C(O)[C@@H]1CC(Cc2ccccc2)C(c2ccccc2)N1. The van der Waals surface area contributed by atoms with Gasteiger partial charge in [0.05, 0.1) is 0 Å². The van der Waals surface area contributed by atoms with Gasteiger partial charge in [-0.3, -0.25) is 10.1 Å². The van der Waals surface area contributed by atoms with Crippen LogP contribution in [-0.4, -0.2) is 17.1 Å². The maximum Gasteiger partial charge on any atom is 0.320 e. The van der Waals surface area contributed by atoms with E-state index in [1.807, 2.05) is 36.4 Å². The number of nitrogens with one attached hydrogen (secondary N) is 1. The highest BCUT2D eigenvalue weighted by molar-refractivity contribution is 5.74. The second kappa shape index (κ2) is 6.10. The molecule has 1 heterocycles. The van der Waals surface area contributed by atoms with E-state index in [1.54, 1.807) is 0 Å². The summed E-state index contributed by atoms with van der Waals surface area (Å²) < 4.78 is 0. The number of carbonyl (C=O) groups is 1. The highest BCUT2D eigenvalue weighted by Gasteiger charge is 2.37. The number of carboxylic acids is 1. The Hall–Kier alpha value is -2.13. The predicted molar refractivity (Wildman–Crippen MR) is 82.0 cm³/mol. The van der Waals surface area contributed by atoms with Gasteiger partial charge in [-0.05, 0) is 29.9 Å². The summed E-state index contributed by atoms with van der Waals surface area (Å²) in [6.07, 6.45) is 1.57. The Morgan fingerprint density at radius 1 is 1.05 bits per heavy atom. The van der Waals surface area contributed by atoms with Gasteiger partial charge in [0.1, 0.15) is 6.04 Å². The van der Waals surface area contributed by atoms with Crippen molar-refractivity contribution in [3.8, 4) is 0 Å². The molecule has 21 heavy (non-hydrogen) atoms. The summed E-state index contributed by atoms with van der Waals surface area (Å²) in [7, 11) is 0. The molecule has 2 aromatic rings. The summed E-state index contributed by atoms with van der Waals surface area (Å²) in [6.45, 7) is 0. The first-order valence-electron chi connectivity index (χ1n) is 7.32. The molecule has 0 spiro atoms. The van der Waals surface area contributed by atoms with E-state index in [-0.39, 0.29) is 6.04 Å². The zero-order valence-electron chi connectivity index (χ0n) is 11.8. The Labute approximate surface area is 124 Å². The lowest BCUT2D eigenvalue weighted by molar-refractivity contribution is -0.139. The Balaban J connectivity index is 1.83. The lowest BCUT2D eigenvalue weighted by Gasteiger charge is -2.20. The largest absolute Gasteiger partial charge is 0.480 e. The molecule has 0 bridgehead atoms. The van der Waals surface area contributed by atoms with E-state index in [4.69, 9.17) is 0 Å². The molecule has 3 nitrogen and oxygen atoms in total. The van der Waals surface area contributed by atoms with Crippen molar-refractivity contribution < 1.29 is 9.90 Å². The van der Waals surface area contributed by atoms with Crippen LogP contribution in [0.1, 0.15) is 23.6 Å². The number of hydrogen-bond donors (Lipinski definition) is 2. The molecule has 108 valence electrons. The van der Waals surface area contributed by atoms with Crippen LogP contribution in [-0.2, 0) is 11.2 Å². The minimum absolute atomic E-state index is 0.104. The molecule has 0 saturated carbocycles. The molecular weight excluding hydrogens is 262 g/mol. The van der Waals surface area contributed by atoms with E-state index in [1.165, 1.54) is 11.1 Å². The van der Waals surface area contributed by atoms with Crippen LogP contribution >= 0.6 is 0 Å². The van der Waals surface area contributed by atoms with Crippen LogP contribution in [0.15, 0.2) is 60.7 Å². The van der Waals surface area contributed by atoms with Crippen LogP contribution in [0.2, 0.25) is 0 Å². The van der Waals surface area contributed by atoms with E-state index in [0.29, 0.717) is 12.3 Å². The van der Waals surface area contributed by atoms with E-state index in [9.17, 15) is 9.90 Å². The molecular formula is C18H19NO2. The van der Waals surface area contributed by atoms with Crippen molar-refractivity contribution in [3.05, 3.63) is 71.8 Å². The fourth-order valence-electron chi connectivity index (χ4n) is 3.18. The maximum atomic E-state index is 11.3. The Kier molecular flexibility index (Phi) is 4.02. The molecule has 2 aromatic carbocycles. The van der Waals surface area contributed by atoms with Gasteiger partial charge >= 0.3 is 5.97 Å². The van der Waals surface area contributed by atoms with Gasteiger partial charge in [-0.1, -0.05) is 60.7 Å². The minimum atomic E-state index is -0.758. The molecule has 0 aliphatic carbocycles. The molecule has 3 rings (SSSR count). The molecule has 1 saturated heterocycles. The van der Waals surface area contributed by atoms with Gasteiger partial charge in [-0.15, -0.1) is 0 Å². The quantitative estimate of drug-likeness (QED) is 0.905. The maximum absolute atomic E-state index is 11.3. The molecule has 1 aliphatic rings. The van der Waals surface area contributed by atoms with Gasteiger partial charge in [0.25, 0.3) is 0 Å². The summed E-state index contributed by atoms with van der Waals surface area (Å²) in [5.74, 6) is -0.456. The summed E-state index contributed by atoms with van der Waals surface area (Å²) >= 11 is 0. The normalized spacial score (nSPS) is 24.9. The standard InChI is InChI=1S/C18H19NO2/c20-18(21)16-12-15(11-13-7-3-1-4-8-13)17(19-16)14-9-5-2-6-10-14/h1-10,15-17,19H,11-12H2,(H,20,21)/t15?,16-,17?/m0/s1. The smallest absolute Gasteiger partial charge is 0.320 e. The van der Waals surface area contributed by atoms with Gasteiger partial charge in [0, 0.05) is 6.04 Å². The van der Waals surface area contributed by atoms with Crippen LogP contribution in [0, 0.1) is 5.92 Å². The fraction of sp³-hybridized carbons (Fsp3) is 0.278. The summed E-state index contributed by atoms with van der Waals surface area (Å²) in [5.41, 5.74) is 2.43. The molecule has 2 N–H and O–H groups in total. The first kappa shape index (κ1) is 13.8. The van der Waals surface area contributed by atoms with Crippen LogP contribution < -0.4 is 5.32 Å². The van der Waals surface area contributed by atoms with Crippen molar-refractivity contribution in [1.82, 2.24) is 5.32 Å². The summed E-state index contributed by atoms with van der Waals surface area (Å²) in [4.78, 5) is 11.3. The molecule has 3 heteroatoms. The first-order valence-corrected chi connectivity index (χ1v) is 7.32. The zero-order chi connectivity index (χ0) is 14.7. The number of hydrogen-bond acceptors (Lipinski definition) is 2. The van der Waals surface area contributed by atoms with Crippen LogP contribution in [0.4, 0.5) is 0 Å². The molecule has 3 atom stereocenters. The Morgan fingerprint density at radius 2 is 1.67 bits per heavy atom. The third-order valence-electron chi connectivity index (χ3n) is 4.19. The fourth-order valence-corrected chi connectivity index (χ4v) is 3.18. The summed E-state index contributed by atoms with van der Waals surface area (Å²) in [5, 5.41) is 12.6.